The van der Waals surface area contributed by atoms with E-state index in [1.54, 1.807) is 0 Å². The lowest BCUT2D eigenvalue weighted by atomic mass is 9.64. The number of likely N-dealkylation sites (tertiary alicyclic amines) is 1. The van der Waals surface area contributed by atoms with Crippen molar-refractivity contribution in [2.75, 3.05) is 13.1 Å². The van der Waals surface area contributed by atoms with Gasteiger partial charge >= 0.3 is 6.09 Å². The Balaban J connectivity index is 1.75. The van der Waals surface area contributed by atoms with Crippen molar-refractivity contribution in [3.8, 4) is 0 Å². The smallest absolute Gasteiger partial charge is 0.410 e. The highest BCUT2D eigenvalue weighted by atomic mass is 16.6. The summed E-state index contributed by atoms with van der Waals surface area (Å²) in [6, 6.07) is 10.7. The molecule has 0 bridgehead atoms. The molecular weight excluding hydrogens is 310 g/mol. The molecular formula is C22H33NO2. The third kappa shape index (κ3) is 4.19. The van der Waals surface area contributed by atoms with Gasteiger partial charge in [0.15, 0.2) is 0 Å². The van der Waals surface area contributed by atoms with E-state index in [9.17, 15) is 4.79 Å². The van der Waals surface area contributed by atoms with Gasteiger partial charge in [-0.25, -0.2) is 4.79 Å². The standard InChI is InChI=1S/C22H33NO2/c1-17-12-13-19(22(2,3)18-10-6-4-7-11-18)20(16-17)25-21(24)23-14-8-5-9-15-23/h4,6-7,10-11,17,19-20H,5,8-9,12-16H2,1-3H3/t17-,19-,20-/m1/s1. The van der Waals surface area contributed by atoms with Crippen LogP contribution in [0.15, 0.2) is 30.3 Å². The van der Waals surface area contributed by atoms with Crippen LogP contribution in [0, 0.1) is 11.8 Å². The molecule has 1 aliphatic carbocycles. The summed E-state index contributed by atoms with van der Waals surface area (Å²) in [5.41, 5.74) is 1.35. The van der Waals surface area contributed by atoms with Crippen LogP contribution < -0.4 is 0 Å². The van der Waals surface area contributed by atoms with Crippen molar-refractivity contribution >= 4 is 6.09 Å². The van der Waals surface area contributed by atoms with Crippen LogP contribution in [-0.4, -0.2) is 30.2 Å². The summed E-state index contributed by atoms with van der Waals surface area (Å²) in [5, 5.41) is 0. The van der Waals surface area contributed by atoms with E-state index >= 15 is 0 Å². The number of carbonyl (C=O) groups is 1. The van der Waals surface area contributed by atoms with E-state index in [-0.39, 0.29) is 17.6 Å². The highest BCUT2D eigenvalue weighted by molar-refractivity contribution is 5.68. The van der Waals surface area contributed by atoms with Crippen LogP contribution in [0.25, 0.3) is 0 Å². The molecule has 3 nitrogen and oxygen atoms in total. The SMILES string of the molecule is C[C@@H]1CC[C@@H](C(C)(C)c2ccccc2)[C@H](OC(=O)N2CCCCC2)C1. The molecule has 3 heteroatoms. The normalized spacial score (nSPS) is 27.8. The number of rotatable bonds is 3. The largest absolute Gasteiger partial charge is 0.446 e. The van der Waals surface area contributed by atoms with Gasteiger partial charge in [-0.1, -0.05) is 57.5 Å². The zero-order valence-corrected chi connectivity index (χ0v) is 16.0. The summed E-state index contributed by atoms with van der Waals surface area (Å²) in [7, 11) is 0. The summed E-state index contributed by atoms with van der Waals surface area (Å²) in [4.78, 5) is 14.6. The average Bonchev–Trinajstić information content (AvgIpc) is 2.63. The van der Waals surface area contributed by atoms with E-state index in [2.05, 4.69) is 51.1 Å². The molecule has 1 saturated heterocycles. The Morgan fingerprint density at radius 2 is 1.76 bits per heavy atom. The Labute approximate surface area is 152 Å². The van der Waals surface area contributed by atoms with Gasteiger partial charge in [0.25, 0.3) is 0 Å². The van der Waals surface area contributed by atoms with E-state index in [4.69, 9.17) is 4.74 Å². The molecule has 138 valence electrons. The third-order valence-corrected chi connectivity index (χ3v) is 6.37. The molecule has 0 N–H and O–H groups in total. The zero-order valence-electron chi connectivity index (χ0n) is 16.0. The molecule has 1 heterocycles. The predicted octanol–water partition coefficient (Wildman–Crippen LogP) is 5.39. The average molecular weight is 344 g/mol. The molecule has 2 fully saturated rings. The van der Waals surface area contributed by atoms with Gasteiger partial charge in [0, 0.05) is 19.0 Å². The van der Waals surface area contributed by atoms with Crippen LogP contribution in [0.4, 0.5) is 4.79 Å². The maximum absolute atomic E-state index is 12.7. The first-order chi connectivity index (χ1) is 12.0. The minimum Gasteiger partial charge on any atom is -0.446 e. The predicted molar refractivity (Wildman–Crippen MR) is 102 cm³/mol. The number of ether oxygens (including phenoxy) is 1. The van der Waals surface area contributed by atoms with E-state index in [1.165, 1.54) is 18.4 Å². The van der Waals surface area contributed by atoms with Crippen molar-refractivity contribution < 1.29 is 9.53 Å². The fourth-order valence-electron chi connectivity index (χ4n) is 4.65. The van der Waals surface area contributed by atoms with E-state index < -0.39 is 0 Å². The van der Waals surface area contributed by atoms with Crippen molar-refractivity contribution in [1.29, 1.82) is 0 Å². The minimum absolute atomic E-state index is 0.00818. The molecule has 1 aliphatic heterocycles. The quantitative estimate of drug-likeness (QED) is 0.736. The topological polar surface area (TPSA) is 29.5 Å². The van der Waals surface area contributed by atoms with Gasteiger partial charge in [0.05, 0.1) is 0 Å². The van der Waals surface area contributed by atoms with Gasteiger partial charge in [0.1, 0.15) is 6.10 Å². The second-order valence-corrected chi connectivity index (χ2v) is 8.58. The van der Waals surface area contributed by atoms with E-state index in [1.807, 2.05) is 4.90 Å². The van der Waals surface area contributed by atoms with Crippen LogP contribution in [0.5, 0.6) is 0 Å². The molecule has 1 saturated carbocycles. The molecule has 3 rings (SSSR count). The van der Waals surface area contributed by atoms with Crippen LogP contribution in [0.3, 0.4) is 0 Å². The highest BCUT2D eigenvalue weighted by Crippen LogP contribution is 2.43. The third-order valence-electron chi connectivity index (χ3n) is 6.37. The van der Waals surface area contributed by atoms with E-state index in [0.717, 1.165) is 38.8 Å². The molecule has 1 aromatic carbocycles. The summed E-state index contributed by atoms with van der Waals surface area (Å²) in [6.45, 7) is 8.62. The lowest BCUT2D eigenvalue weighted by molar-refractivity contribution is -0.0198. The summed E-state index contributed by atoms with van der Waals surface area (Å²) in [5.74, 6) is 1.00. The second-order valence-electron chi connectivity index (χ2n) is 8.58. The summed E-state index contributed by atoms with van der Waals surface area (Å²) in [6.07, 6.45) is 6.71. The number of amides is 1. The number of carbonyl (C=O) groups excluding carboxylic acids is 1. The molecule has 0 unspecified atom stereocenters. The van der Waals surface area contributed by atoms with Crippen molar-refractivity contribution in [2.45, 2.75) is 70.8 Å². The Morgan fingerprint density at radius 1 is 1.08 bits per heavy atom. The first-order valence-electron chi connectivity index (χ1n) is 9.99. The van der Waals surface area contributed by atoms with Crippen LogP contribution >= 0.6 is 0 Å². The number of hydrogen-bond acceptors (Lipinski definition) is 2. The fourth-order valence-corrected chi connectivity index (χ4v) is 4.65. The van der Waals surface area contributed by atoms with Gasteiger partial charge in [-0.05, 0) is 49.0 Å². The van der Waals surface area contributed by atoms with Crippen molar-refractivity contribution in [2.24, 2.45) is 11.8 Å². The lowest BCUT2D eigenvalue weighted by Gasteiger charge is -2.44. The minimum atomic E-state index is -0.0901. The van der Waals surface area contributed by atoms with Gasteiger partial charge in [-0.3, -0.25) is 0 Å². The molecule has 3 atom stereocenters. The lowest BCUT2D eigenvalue weighted by Crippen LogP contribution is -2.46. The monoisotopic (exact) mass is 343 g/mol. The molecule has 0 spiro atoms. The molecule has 0 radical (unpaired) electrons. The Kier molecular flexibility index (Phi) is 5.71. The Bertz CT molecular complexity index is 563. The van der Waals surface area contributed by atoms with Gasteiger partial charge in [-0.15, -0.1) is 0 Å². The Hall–Kier alpha value is -1.51. The van der Waals surface area contributed by atoms with Crippen molar-refractivity contribution in [1.82, 2.24) is 4.90 Å². The number of benzene rings is 1. The van der Waals surface area contributed by atoms with Gasteiger partial charge in [-0.2, -0.15) is 0 Å². The van der Waals surface area contributed by atoms with E-state index in [0.29, 0.717) is 11.8 Å². The number of nitrogens with zero attached hydrogens (tertiary/aromatic N) is 1. The Morgan fingerprint density at radius 3 is 2.44 bits per heavy atom. The van der Waals surface area contributed by atoms with Crippen LogP contribution in [0.1, 0.15) is 64.9 Å². The first-order valence-corrected chi connectivity index (χ1v) is 9.99. The zero-order chi connectivity index (χ0) is 17.9. The number of piperidine rings is 1. The van der Waals surface area contributed by atoms with Gasteiger partial charge in [0.2, 0.25) is 0 Å². The molecule has 1 amide bonds. The molecule has 0 aromatic heterocycles. The van der Waals surface area contributed by atoms with Gasteiger partial charge < -0.3 is 9.64 Å². The van der Waals surface area contributed by atoms with Crippen LogP contribution in [0.2, 0.25) is 0 Å². The highest BCUT2D eigenvalue weighted by Gasteiger charge is 2.42. The number of hydrogen-bond donors (Lipinski definition) is 0. The molecule has 25 heavy (non-hydrogen) atoms. The van der Waals surface area contributed by atoms with Crippen LogP contribution in [-0.2, 0) is 10.2 Å². The van der Waals surface area contributed by atoms with Crippen molar-refractivity contribution in [3.05, 3.63) is 35.9 Å². The maximum Gasteiger partial charge on any atom is 0.410 e. The maximum atomic E-state index is 12.7. The fraction of sp³-hybridized carbons (Fsp3) is 0.682. The summed E-state index contributed by atoms with van der Waals surface area (Å²) < 4.78 is 6.11. The molecule has 1 aromatic rings. The second kappa shape index (κ2) is 7.80. The van der Waals surface area contributed by atoms with Crippen molar-refractivity contribution in [3.63, 3.8) is 0 Å². The summed E-state index contributed by atoms with van der Waals surface area (Å²) >= 11 is 0. The molecule has 2 aliphatic rings. The first kappa shape index (κ1) is 18.3.